The number of aromatic nitrogens is 3. The highest BCUT2D eigenvalue weighted by Gasteiger charge is 2.24. The van der Waals surface area contributed by atoms with Gasteiger partial charge in [0.15, 0.2) is 17.2 Å². The Kier molecular flexibility index (Phi) is 6.34. The Morgan fingerprint density at radius 2 is 2.20 bits per heavy atom. The number of carboxylic acid groups (broad SMARTS) is 1. The molecule has 1 atom stereocenters. The van der Waals surface area contributed by atoms with E-state index in [1.165, 1.54) is 6.08 Å². The standard InChI is InChI=1S/C25H25N5O5/c31-19-5-1-2-6-21(19)34-17-4-3-11-30(15-17)23-14-26-13-22(28-23)29-25-27-18-12-16(8-10-24(32)33)7-9-20(18)35-25/h2,6-10,12-14,17,31H,1,3-5,11,15H2,(H,32,33)(H,27,28,29)/b10-8+. The lowest BCUT2D eigenvalue weighted by atomic mass is 10.1. The van der Waals surface area contributed by atoms with E-state index in [0.717, 1.165) is 31.9 Å². The number of piperidine rings is 1. The van der Waals surface area contributed by atoms with Crippen molar-refractivity contribution in [2.24, 2.45) is 0 Å². The highest BCUT2D eigenvalue weighted by Crippen LogP contribution is 2.26. The molecular weight excluding hydrogens is 450 g/mol. The Labute approximate surface area is 201 Å². The summed E-state index contributed by atoms with van der Waals surface area (Å²) in [5.41, 5.74) is 1.86. The lowest BCUT2D eigenvalue weighted by Gasteiger charge is -2.34. The van der Waals surface area contributed by atoms with E-state index in [4.69, 9.17) is 14.3 Å². The SMILES string of the molecule is O=C(O)/C=C/c1ccc2oc(Nc3cncc(N4CCCC(OC5=C(O)CCC=C5)C4)n3)nc2c1. The van der Waals surface area contributed by atoms with Gasteiger partial charge in [0, 0.05) is 19.0 Å². The second-order valence-corrected chi connectivity index (χ2v) is 8.39. The molecule has 2 aliphatic rings. The summed E-state index contributed by atoms with van der Waals surface area (Å²) in [4.78, 5) is 26.3. The van der Waals surface area contributed by atoms with Crippen LogP contribution in [0.1, 0.15) is 31.2 Å². The van der Waals surface area contributed by atoms with Gasteiger partial charge in [0.25, 0.3) is 0 Å². The second-order valence-electron chi connectivity index (χ2n) is 8.39. The van der Waals surface area contributed by atoms with E-state index in [0.29, 0.717) is 52.8 Å². The number of benzene rings is 1. The smallest absolute Gasteiger partial charge is 0.328 e. The molecule has 3 N–H and O–H groups in total. The van der Waals surface area contributed by atoms with Crippen LogP contribution in [0, 0.1) is 0 Å². The van der Waals surface area contributed by atoms with Crippen molar-refractivity contribution in [2.75, 3.05) is 23.3 Å². The van der Waals surface area contributed by atoms with Crippen molar-refractivity contribution >= 4 is 40.8 Å². The van der Waals surface area contributed by atoms with Crippen LogP contribution in [-0.4, -0.2) is 50.3 Å². The van der Waals surface area contributed by atoms with Crippen LogP contribution in [0.15, 0.2) is 64.8 Å². The zero-order valence-electron chi connectivity index (χ0n) is 18.9. The van der Waals surface area contributed by atoms with Crippen molar-refractivity contribution < 1.29 is 24.2 Å². The van der Waals surface area contributed by atoms with E-state index in [2.05, 4.69) is 25.2 Å². The van der Waals surface area contributed by atoms with Crippen LogP contribution in [0.5, 0.6) is 0 Å². The first kappa shape index (κ1) is 22.5. The third-order valence-electron chi connectivity index (χ3n) is 5.78. The highest BCUT2D eigenvalue weighted by atomic mass is 16.5. The fourth-order valence-corrected chi connectivity index (χ4v) is 4.11. The van der Waals surface area contributed by atoms with Gasteiger partial charge in [0.05, 0.1) is 18.9 Å². The first-order chi connectivity index (χ1) is 17.0. The topological polar surface area (TPSA) is 134 Å². The molecule has 1 aliphatic heterocycles. The molecule has 1 unspecified atom stereocenters. The van der Waals surface area contributed by atoms with Crippen molar-refractivity contribution in [1.29, 1.82) is 0 Å². The number of carbonyl (C=O) groups is 1. The Balaban J connectivity index is 1.28. The van der Waals surface area contributed by atoms with Crippen molar-refractivity contribution in [1.82, 2.24) is 15.0 Å². The molecule has 0 spiro atoms. The fourth-order valence-electron chi connectivity index (χ4n) is 4.11. The van der Waals surface area contributed by atoms with Crippen LogP contribution in [-0.2, 0) is 9.53 Å². The minimum absolute atomic E-state index is 0.0523. The van der Waals surface area contributed by atoms with Gasteiger partial charge in [-0.1, -0.05) is 12.1 Å². The highest BCUT2D eigenvalue weighted by molar-refractivity contribution is 5.86. The molecule has 0 saturated carbocycles. The van der Waals surface area contributed by atoms with Crippen LogP contribution in [0.4, 0.5) is 17.7 Å². The molecule has 0 bridgehead atoms. The number of fused-ring (bicyclic) bond motifs is 1. The first-order valence-electron chi connectivity index (χ1n) is 11.4. The van der Waals surface area contributed by atoms with Crippen LogP contribution >= 0.6 is 0 Å². The Morgan fingerprint density at radius 1 is 1.29 bits per heavy atom. The van der Waals surface area contributed by atoms with Crippen LogP contribution in [0.2, 0.25) is 0 Å². The second kappa shape index (κ2) is 9.88. The number of aliphatic hydroxyl groups is 1. The minimum atomic E-state index is -1.02. The normalized spacial score (nSPS) is 18.4. The number of aliphatic hydroxyl groups excluding tert-OH is 1. The summed E-state index contributed by atoms with van der Waals surface area (Å²) < 4.78 is 11.8. The maximum atomic E-state index is 10.7. The van der Waals surface area contributed by atoms with E-state index in [1.807, 2.05) is 12.2 Å². The quantitative estimate of drug-likeness (QED) is 0.417. The Morgan fingerprint density at radius 3 is 3.06 bits per heavy atom. The number of oxazole rings is 1. The van der Waals surface area contributed by atoms with E-state index in [9.17, 15) is 9.90 Å². The molecule has 2 aromatic heterocycles. The third-order valence-corrected chi connectivity index (χ3v) is 5.78. The average molecular weight is 476 g/mol. The van der Waals surface area contributed by atoms with Crippen LogP contribution < -0.4 is 10.2 Å². The number of nitrogens with zero attached hydrogens (tertiary/aromatic N) is 4. The van der Waals surface area contributed by atoms with Crippen molar-refractivity contribution in [3.63, 3.8) is 0 Å². The molecular formula is C25H25N5O5. The van der Waals surface area contributed by atoms with E-state index < -0.39 is 5.97 Å². The van der Waals surface area contributed by atoms with Gasteiger partial charge < -0.3 is 24.3 Å². The fraction of sp³-hybridized carbons (Fsp3) is 0.280. The molecule has 10 heteroatoms. The molecule has 5 rings (SSSR count). The van der Waals surface area contributed by atoms with Gasteiger partial charge >= 0.3 is 12.0 Å². The number of nitrogens with one attached hydrogen (secondary N) is 1. The zero-order valence-corrected chi connectivity index (χ0v) is 18.9. The number of hydrogen-bond donors (Lipinski definition) is 3. The molecule has 3 heterocycles. The molecule has 1 aromatic carbocycles. The Bertz CT molecular complexity index is 1330. The lowest BCUT2D eigenvalue weighted by Crippen LogP contribution is -2.40. The zero-order chi connectivity index (χ0) is 24.2. The first-order valence-corrected chi connectivity index (χ1v) is 11.4. The number of hydrogen-bond acceptors (Lipinski definition) is 9. The van der Waals surface area contributed by atoms with Crippen molar-refractivity contribution in [2.45, 2.75) is 31.8 Å². The van der Waals surface area contributed by atoms with Gasteiger partial charge in [0.2, 0.25) is 0 Å². The molecule has 10 nitrogen and oxygen atoms in total. The molecule has 1 saturated heterocycles. The number of carboxylic acids is 1. The maximum absolute atomic E-state index is 10.7. The molecule has 0 amide bonds. The molecule has 180 valence electrons. The average Bonchev–Trinajstić information content (AvgIpc) is 3.26. The largest absolute Gasteiger partial charge is 0.508 e. The summed E-state index contributed by atoms with van der Waals surface area (Å²) in [7, 11) is 0. The van der Waals surface area contributed by atoms with Gasteiger partial charge in [0.1, 0.15) is 23.2 Å². The lowest BCUT2D eigenvalue weighted by molar-refractivity contribution is -0.131. The molecule has 1 aliphatic carbocycles. The number of aliphatic carboxylic acids is 1. The third kappa shape index (κ3) is 5.43. The molecule has 3 aromatic rings. The van der Waals surface area contributed by atoms with Gasteiger partial charge in [-0.15, -0.1) is 0 Å². The number of allylic oxidation sites excluding steroid dienone is 3. The molecule has 35 heavy (non-hydrogen) atoms. The van der Waals surface area contributed by atoms with Crippen molar-refractivity contribution in [3.8, 4) is 0 Å². The minimum Gasteiger partial charge on any atom is -0.508 e. The molecule has 0 radical (unpaired) electrons. The number of rotatable bonds is 7. The van der Waals surface area contributed by atoms with Gasteiger partial charge in [-0.05, 0) is 49.1 Å². The predicted octanol–water partition coefficient (Wildman–Crippen LogP) is 4.56. The summed E-state index contributed by atoms with van der Waals surface area (Å²) in [6.45, 7) is 1.46. The summed E-state index contributed by atoms with van der Waals surface area (Å²) >= 11 is 0. The van der Waals surface area contributed by atoms with E-state index >= 15 is 0 Å². The number of anilines is 3. The van der Waals surface area contributed by atoms with Gasteiger partial charge in [-0.25, -0.2) is 9.78 Å². The van der Waals surface area contributed by atoms with Crippen LogP contribution in [0.25, 0.3) is 17.2 Å². The summed E-state index contributed by atoms with van der Waals surface area (Å²) in [5.74, 6) is 1.04. The van der Waals surface area contributed by atoms with Gasteiger partial charge in [-0.2, -0.15) is 4.98 Å². The summed E-state index contributed by atoms with van der Waals surface area (Å²) in [5, 5.41) is 21.9. The predicted molar refractivity (Wildman–Crippen MR) is 130 cm³/mol. The van der Waals surface area contributed by atoms with Crippen molar-refractivity contribution in [3.05, 3.63) is 65.9 Å². The summed E-state index contributed by atoms with van der Waals surface area (Å²) in [6.07, 6.45) is 12.9. The Hall–Kier alpha value is -4.34. The monoisotopic (exact) mass is 475 g/mol. The van der Waals surface area contributed by atoms with E-state index in [-0.39, 0.29) is 12.1 Å². The van der Waals surface area contributed by atoms with Gasteiger partial charge in [-0.3, -0.25) is 10.3 Å². The summed E-state index contributed by atoms with van der Waals surface area (Å²) in [6, 6.07) is 5.50. The van der Waals surface area contributed by atoms with Crippen LogP contribution in [0.3, 0.4) is 0 Å². The molecule has 1 fully saturated rings. The maximum Gasteiger partial charge on any atom is 0.328 e. The van der Waals surface area contributed by atoms with E-state index in [1.54, 1.807) is 30.6 Å². The number of ether oxygens (including phenoxy) is 1.